The maximum Gasteiger partial charge on any atom is 0.325 e. The number of nitrogens with one attached hydrogen (secondary N) is 2. The van der Waals surface area contributed by atoms with E-state index < -0.39 is 11.8 Å². The number of rotatable bonds is 7. The lowest BCUT2D eigenvalue weighted by molar-refractivity contribution is -0.106. The van der Waals surface area contributed by atoms with Gasteiger partial charge in [-0.2, -0.15) is 0 Å². The number of oxime groups is 1. The van der Waals surface area contributed by atoms with Gasteiger partial charge in [0.15, 0.2) is 5.69 Å². The second-order valence-corrected chi connectivity index (χ2v) is 6.79. The third-order valence-electron chi connectivity index (χ3n) is 3.97. The lowest BCUT2D eigenvalue weighted by Gasteiger charge is -2.18. The van der Waals surface area contributed by atoms with Crippen molar-refractivity contribution in [1.29, 1.82) is 0 Å². The molecule has 0 aliphatic rings. The van der Waals surface area contributed by atoms with Crippen molar-refractivity contribution in [2.75, 3.05) is 29.8 Å². The quantitative estimate of drug-likeness (QED) is 0.216. The second kappa shape index (κ2) is 10.3. The number of nitrogens with zero attached hydrogens (tertiary/aromatic N) is 4. The molecule has 0 radical (unpaired) electrons. The number of aromatic nitrogens is 2. The summed E-state index contributed by atoms with van der Waals surface area (Å²) in [6.45, 7) is 0. The van der Waals surface area contributed by atoms with Crippen LogP contribution in [-0.4, -0.2) is 42.8 Å². The van der Waals surface area contributed by atoms with Crippen LogP contribution in [0.5, 0.6) is 5.75 Å². The van der Waals surface area contributed by atoms with E-state index in [0.717, 1.165) is 11.0 Å². The van der Waals surface area contributed by atoms with Gasteiger partial charge >= 0.3 is 6.03 Å². The van der Waals surface area contributed by atoms with Gasteiger partial charge in [-0.15, -0.1) is 0 Å². The van der Waals surface area contributed by atoms with E-state index in [9.17, 15) is 14.0 Å². The third kappa shape index (κ3) is 5.18. The predicted molar refractivity (Wildman–Crippen MR) is 116 cm³/mol. The summed E-state index contributed by atoms with van der Waals surface area (Å²) in [6, 6.07) is 9.81. The minimum atomic E-state index is -0.661. The Kier molecular flexibility index (Phi) is 7.33. The van der Waals surface area contributed by atoms with Crippen LogP contribution < -0.4 is 20.3 Å². The molecule has 32 heavy (non-hydrogen) atoms. The van der Waals surface area contributed by atoms with Gasteiger partial charge in [0.1, 0.15) is 18.7 Å². The molecule has 0 saturated heterocycles. The van der Waals surface area contributed by atoms with Gasteiger partial charge in [0.25, 0.3) is 0 Å². The molecule has 0 bridgehead atoms. The molecule has 11 nitrogen and oxygen atoms in total. The zero-order chi connectivity index (χ0) is 23.1. The molecule has 1 heterocycles. The molecular weight excluding hydrogens is 491 g/mol. The highest BCUT2D eigenvalue weighted by atomic mass is 79.9. The van der Waals surface area contributed by atoms with Crippen LogP contribution >= 0.6 is 15.9 Å². The van der Waals surface area contributed by atoms with Crippen molar-refractivity contribution >= 4 is 51.4 Å². The lowest BCUT2D eigenvalue weighted by Crippen LogP contribution is -2.32. The van der Waals surface area contributed by atoms with Gasteiger partial charge in [-0.1, -0.05) is 5.16 Å². The van der Waals surface area contributed by atoms with Gasteiger partial charge in [-0.3, -0.25) is 15.0 Å². The number of carbonyl (C=O) groups is 2. The molecule has 0 unspecified atom stereocenters. The molecule has 2 aromatic carbocycles. The summed E-state index contributed by atoms with van der Waals surface area (Å²) in [7, 11) is 2.78. The number of carbonyl (C=O) groups excluding carboxylic acids is 2. The average Bonchev–Trinajstić information content (AvgIpc) is 3.24. The molecule has 13 heteroatoms. The summed E-state index contributed by atoms with van der Waals surface area (Å²) in [5, 5.41) is 16.2. The van der Waals surface area contributed by atoms with Crippen LogP contribution in [0.1, 0.15) is 5.69 Å². The molecular formula is C19H16BrFN6O5. The smallest absolute Gasteiger partial charge is 0.325 e. The molecule has 1 aromatic heterocycles. The topological polar surface area (TPSA) is 131 Å². The largest absolute Gasteiger partial charge is 0.497 e. The van der Waals surface area contributed by atoms with Crippen molar-refractivity contribution in [2.45, 2.75) is 0 Å². The number of amidine groups is 1. The molecule has 0 aliphatic carbocycles. The monoisotopic (exact) mass is 506 g/mol. The summed E-state index contributed by atoms with van der Waals surface area (Å²) in [5.41, 5.74) is 0.614. The summed E-state index contributed by atoms with van der Waals surface area (Å²) in [6.07, 6.45) is 0.410. The van der Waals surface area contributed by atoms with E-state index in [1.54, 1.807) is 24.3 Å². The number of urea groups is 1. The van der Waals surface area contributed by atoms with Crippen LogP contribution in [0.3, 0.4) is 0 Å². The number of hydrogen-bond donors (Lipinski definition) is 2. The first-order valence-electron chi connectivity index (χ1n) is 8.82. The maximum atomic E-state index is 13.6. The van der Waals surface area contributed by atoms with E-state index in [2.05, 4.69) is 42.0 Å². The molecule has 3 rings (SSSR count). The van der Waals surface area contributed by atoms with Crippen molar-refractivity contribution in [3.63, 3.8) is 0 Å². The number of hydrogen-bond acceptors (Lipinski definition) is 8. The molecule has 3 aromatic rings. The first-order valence-corrected chi connectivity index (χ1v) is 9.61. The Hall–Kier alpha value is -4.00. The molecule has 0 atom stereocenters. The Balaban J connectivity index is 1.85. The number of ether oxygens (including phenoxy) is 1. The highest BCUT2D eigenvalue weighted by Gasteiger charge is 2.26. The zero-order valence-electron chi connectivity index (χ0n) is 16.7. The van der Waals surface area contributed by atoms with Gasteiger partial charge in [0.05, 0.1) is 17.3 Å². The number of anilines is 3. The van der Waals surface area contributed by atoms with Gasteiger partial charge in [-0.05, 0) is 68.7 Å². The van der Waals surface area contributed by atoms with E-state index in [1.165, 1.54) is 26.4 Å². The maximum absolute atomic E-state index is 13.6. The molecule has 0 saturated carbocycles. The summed E-state index contributed by atoms with van der Waals surface area (Å²) in [4.78, 5) is 30.1. The van der Waals surface area contributed by atoms with Crippen LogP contribution in [0.4, 0.5) is 26.4 Å². The van der Waals surface area contributed by atoms with Gasteiger partial charge in [-0.25, -0.2) is 13.8 Å². The number of methoxy groups -OCH3 is 1. The number of halogens is 2. The van der Waals surface area contributed by atoms with Crippen LogP contribution in [0.15, 0.2) is 56.7 Å². The van der Waals surface area contributed by atoms with Crippen LogP contribution in [0.2, 0.25) is 0 Å². The van der Waals surface area contributed by atoms with Gasteiger partial charge < -0.3 is 14.9 Å². The molecule has 3 amide bonds. The van der Waals surface area contributed by atoms with Crippen molar-refractivity contribution in [3.8, 4) is 5.75 Å². The van der Waals surface area contributed by atoms with E-state index in [4.69, 9.17) is 14.2 Å². The number of benzene rings is 2. The van der Waals surface area contributed by atoms with E-state index in [1.807, 2.05) is 0 Å². The molecule has 0 aliphatic heterocycles. The van der Waals surface area contributed by atoms with Crippen molar-refractivity contribution in [3.05, 3.63) is 58.4 Å². The Morgan fingerprint density at radius 2 is 1.94 bits per heavy atom. The molecule has 0 spiro atoms. The summed E-state index contributed by atoms with van der Waals surface area (Å²) < 4.78 is 23.5. The average molecular weight is 507 g/mol. The first-order chi connectivity index (χ1) is 15.5. The van der Waals surface area contributed by atoms with Crippen LogP contribution in [-0.2, 0) is 9.63 Å². The molecule has 166 valence electrons. The van der Waals surface area contributed by atoms with Crippen molar-refractivity contribution in [2.24, 2.45) is 5.16 Å². The van der Waals surface area contributed by atoms with E-state index in [-0.39, 0.29) is 27.5 Å². The van der Waals surface area contributed by atoms with E-state index in [0.29, 0.717) is 17.8 Å². The van der Waals surface area contributed by atoms with Gasteiger partial charge in [0.2, 0.25) is 18.1 Å². The predicted octanol–water partition coefficient (Wildman–Crippen LogP) is 3.59. The Morgan fingerprint density at radius 1 is 1.19 bits per heavy atom. The zero-order valence-corrected chi connectivity index (χ0v) is 18.3. The minimum Gasteiger partial charge on any atom is -0.497 e. The molecule has 0 fully saturated rings. The minimum absolute atomic E-state index is 0.107. The van der Waals surface area contributed by atoms with Gasteiger partial charge in [0, 0.05) is 5.69 Å². The summed E-state index contributed by atoms with van der Waals surface area (Å²) >= 11 is 3.06. The summed E-state index contributed by atoms with van der Waals surface area (Å²) in [5.74, 6) is -0.201. The Labute approximate surface area is 189 Å². The highest BCUT2D eigenvalue weighted by Crippen LogP contribution is 2.25. The Morgan fingerprint density at radius 3 is 2.56 bits per heavy atom. The van der Waals surface area contributed by atoms with Crippen molar-refractivity contribution in [1.82, 2.24) is 10.3 Å². The fourth-order valence-corrected chi connectivity index (χ4v) is 2.88. The van der Waals surface area contributed by atoms with Crippen molar-refractivity contribution < 1.29 is 28.2 Å². The lowest BCUT2D eigenvalue weighted by atomic mass is 10.2. The Bertz CT molecular complexity index is 1140. The fourth-order valence-electron chi connectivity index (χ4n) is 2.52. The first kappa shape index (κ1) is 22.7. The van der Waals surface area contributed by atoms with E-state index >= 15 is 0 Å². The number of amides is 3. The second-order valence-electron chi connectivity index (χ2n) is 5.94. The van der Waals surface area contributed by atoms with Crippen LogP contribution in [0.25, 0.3) is 0 Å². The standard InChI is InChI=1S/C19H16BrFN6O5/c1-30-13-6-3-11(4-7-13)22-19(29)23-17-16(24-32-25-17)18(26-31-2)27(10-28)12-5-8-15(21)14(20)9-12/h3-10H,1-2H3,(H2,22,23,25,29)/b26-18-. The SMILES string of the molecule is CO/N=C(/c1nonc1NC(=O)Nc1ccc(OC)cc1)N(C=O)c1ccc(F)c(Br)c1. The molecule has 2 N–H and O–H groups in total. The van der Waals surface area contributed by atoms with Crippen LogP contribution in [0, 0.1) is 5.82 Å². The fraction of sp³-hybridized carbons (Fsp3) is 0.105. The third-order valence-corrected chi connectivity index (χ3v) is 4.58. The highest BCUT2D eigenvalue weighted by molar-refractivity contribution is 9.10. The normalized spacial score (nSPS) is 10.9.